The number of fused-ring (bicyclic) bond motifs is 1. The highest BCUT2D eigenvalue weighted by molar-refractivity contribution is 6.30. The first-order valence-electron chi connectivity index (χ1n) is 9.26. The van der Waals surface area contributed by atoms with Gasteiger partial charge in [-0.3, -0.25) is 16.0 Å². The molecule has 0 saturated carbocycles. The number of amides is 2. The third-order valence-corrected chi connectivity index (χ3v) is 4.83. The first-order chi connectivity index (χ1) is 15.6. The number of halogens is 3. The van der Waals surface area contributed by atoms with Gasteiger partial charge in [-0.05, 0) is 54.6 Å². The van der Waals surface area contributed by atoms with E-state index < -0.39 is 17.2 Å². The van der Waals surface area contributed by atoms with Crippen molar-refractivity contribution in [1.82, 2.24) is 0 Å². The van der Waals surface area contributed by atoms with Gasteiger partial charge in [0, 0.05) is 28.3 Å². The van der Waals surface area contributed by atoms with Gasteiger partial charge >= 0.3 is 12.3 Å². The Bertz CT molecular complexity index is 1280. The molecule has 0 aliphatic carbocycles. The number of benzene rings is 3. The number of hydrazone groups is 1. The molecule has 0 spiro atoms. The fraction of sp³-hybridized carbons (Fsp3) is 0.0476. The van der Waals surface area contributed by atoms with Crippen LogP contribution in [0, 0.1) is 10.1 Å². The number of nitrogens with one attached hydrogen (secondary N) is 1. The van der Waals surface area contributed by atoms with Crippen LogP contribution in [0.3, 0.4) is 0 Å². The Morgan fingerprint density at radius 3 is 2.21 bits per heavy atom. The van der Waals surface area contributed by atoms with Crippen LogP contribution in [0.1, 0.15) is 11.1 Å². The number of alkyl halides is 2. The van der Waals surface area contributed by atoms with E-state index in [1.165, 1.54) is 42.5 Å². The zero-order valence-corrected chi connectivity index (χ0v) is 17.3. The van der Waals surface area contributed by atoms with Crippen molar-refractivity contribution in [3.8, 4) is 11.5 Å². The van der Waals surface area contributed by atoms with Gasteiger partial charge in [0.15, 0.2) is 17.2 Å². The summed E-state index contributed by atoms with van der Waals surface area (Å²) in [4.78, 5) is 23.1. The molecule has 3 aromatic rings. The average Bonchev–Trinajstić information content (AvgIpc) is 3.08. The topological polar surface area (TPSA) is 120 Å². The minimum Gasteiger partial charge on any atom is -0.395 e. The van der Waals surface area contributed by atoms with Crippen molar-refractivity contribution in [1.29, 1.82) is 0 Å². The number of nitro benzene ring substituents is 1. The van der Waals surface area contributed by atoms with Crippen molar-refractivity contribution in [3.63, 3.8) is 0 Å². The van der Waals surface area contributed by atoms with Gasteiger partial charge in [-0.1, -0.05) is 16.3 Å². The molecule has 33 heavy (non-hydrogen) atoms. The van der Waals surface area contributed by atoms with Crippen molar-refractivity contribution in [2.24, 2.45) is 5.84 Å². The highest BCUT2D eigenvalue weighted by atomic mass is 35.5. The number of non-ortho nitro benzene ring substituents is 1. The second-order valence-corrected chi connectivity index (χ2v) is 7.23. The molecule has 1 aliphatic heterocycles. The predicted octanol–water partition coefficient (Wildman–Crippen LogP) is 4.53. The molecule has 9 nitrogen and oxygen atoms in total. The van der Waals surface area contributed by atoms with Crippen LogP contribution in [0.5, 0.6) is 11.5 Å². The lowest BCUT2D eigenvalue weighted by Gasteiger charge is -2.10. The Morgan fingerprint density at radius 1 is 0.970 bits per heavy atom. The minimum atomic E-state index is -3.81. The smallest absolute Gasteiger partial charge is 0.395 e. The molecule has 0 fully saturated rings. The van der Waals surface area contributed by atoms with Crippen LogP contribution < -0.4 is 20.6 Å². The average molecular weight is 476 g/mol. The van der Waals surface area contributed by atoms with Gasteiger partial charge in [0.25, 0.3) is 5.69 Å². The summed E-state index contributed by atoms with van der Waals surface area (Å²) in [6, 6.07) is 14.6. The quantitative estimate of drug-likeness (QED) is 0.143. The molecule has 0 aromatic heterocycles. The molecule has 0 unspecified atom stereocenters. The van der Waals surface area contributed by atoms with Gasteiger partial charge in [-0.2, -0.15) is 4.79 Å². The Hall–Kier alpha value is -4.25. The van der Waals surface area contributed by atoms with Crippen LogP contribution in [0.15, 0.2) is 66.7 Å². The number of nitrogens with two attached hydrogens (primary N) is 1. The molecule has 4 rings (SSSR count). The molecule has 1 aliphatic rings. The monoisotopic (exact) mass is 475 g/mol. The zero-order valence-electron chi connectivity index (χ0n) is 16.5. The van der Waals surface area contributed by atoms with E-state index in [9.17, 15) is 23.7 Å². The number of rotatable bonds is 4. The second-order valence-electron chi connectivity index (χ2n) is 6.79. The summed E-state index contributed by atoms with van der Waals surface area (Å²) in [5, 5.41) is 13.8. The summed E-state index contributed by atoms with van der Waals surface area (Å²) in [5.41, 5.74) is 0.975. The first-order valence-corrected chi connectivity index (χ1v) is 9.64. The van der Waals surface area contributed by atoms with Gasteiger partial charge in [0.2, 0.25) is 0 Å². The Balaban J connectivity index is 1.73. The zero-order chi connectivity index (χ0) is 23.8. The maximum Gasteiger partial charge on any atom is 0.586 e. The summed E-state index contributed by atoms with van der Waals surface area (Å²) in [6.45, 7) is 0. The number of carbonyl (C=O) groups is 1. The van der Waals surface area contributed by atoms with Crippen LogP contribution >= 0.6 is 11.6 Å². The van der Waals surface area contributed by atoms with Crippen molar-refractivity contribution < 1.29 is 32.7 Å². The van der Waals surface area contributed by atoms with E-state index in [0.717, 1.165) is 4.68 Å². The van der Waals surface area contributed by atoms with Crippen LogP contribution in [0.4, 0.5) is 25.0 Å². The fourth-order valence-electron chi connectivity index (χ4n) is 3.10. The molecule has 0 saturated heterocycles. The first kappa shape index (κ1) is 22.0. The van der Waals surface area contributed by atoms with E-state index in [1.54, 1.807) is 24.3 Å². The number of urea groups is 1. The molecular weight excluding hydrogens is 462 g/mol. The Morgan fingerprint density at radius 2 is 1.58 bits per heavy atom. The van der Waals surface area contributed by atoms with Crippen LogP contribution in [0.2, 0.25) is 5.02 Å². The molecule has 3 N–H and O–H groups in total. The van der Waals surface area contributed by atoms with E-state index in [0.29, 0.717) is 10.6 Å². The predicted molar refractivity (Wildman–Crippen MR) is 114 cm³/mol. The SMILES string of the molecule is N[N+](C(=O)Nc1ccc([N+](=O)[O-])cc1)=C(c1ccc(Cl)cc1)c1ccc2c(c1)OC(F)(F)O2. The molecule has 0 bridgehead atoms. The normalized spacial score (nSPS) is 14.4. The molecule has 1 heterocycles. The van der Waals surface area contributed by atoms with Crippen LogP contribution in [0.25, 0.3) is 0 Å². The minimum absolute atomic E-state index is 0.146. The van der Waals surface area contributed by atoms with Crippen molar-refractivity contribution in [2.75, 3.05) is 5.32 Å². The second kappa shape index (κ2) is 8.36. The van der Waals surface area contributed by atoms with Crippen molar-refractivity contribution in [2.45, 2.75) is 6.29 Å². The number of ether oxygens (including phenoxy) is 2. The molecular formula is C21H14ClF2N4O5+. The summed E-state index contributed by atoms with van der Waals surface area (Å²) < 4.78 is 36.6. The third kappa shape index (κ3) is 4.67. The molecule has 0 radical (unpaired) electrons. The summed E-state index contributed by atoms with van der Waals surface area (Å²) >= 11 is 5.95. The van der Waals surface area contributed by atoms with Crippen molar-refractivity contribution in [3.05, 3.63) is 93.0 Å². The lowest BCUT2D eigenvalue weighted by molar-refractivity contribution is -0.434. The van der Waals surface area contributed by atoms with Gasteiger partial charge < -0.3 is 9.47 Å². The van der Waals surface area contributed by atoms with E-state index in [2.05, 4.69) is 14.8 Å². The number of carbonyl (C=O) groups excluding carboxylic acids is 1. The van der Waals surface area contributed by atoms with Gasteiger partial charge in [-0.15, -0.1) is 8.78 Å². The third-order valence-electron chi connectivity index (χ3n) is 4.58. The number of hydrazine groups is 1. The highest BCUT2D eigenvalue weighted by Crippen LogP contribution is 2.41. The molecule has 12 heteroatoms. The van der Waals surface area contributed by atoms with Crippen LogP contribution in [-0.4, -0.2) is 27.6 Å². The number of nitrogens with zero attached hydrogens (tertiary/aromatic N) is 2. The van der Waals surface area contributed by atoms with Gasteiger partial charge in [-0.25, -0.2) is 5.32 Å². The van der Waals surface area contributed by atoms with E-state index in [-0.39, 0.29) is 34.1 Å². The van der Waals surface area contributed by atoms with E-state index in [1.807, 2.05) is 0 Å². The fourth-order valence-corrected chi connectivity index (χ4v) is 3.23. The molecule has 3 aromatic carbocycles. The lowest BCUT2D eigenvalue weighted by Crippen LogP contribution is -2.38. The maximum absolute atomic E-state index is 13.4. The van der Waals surface area contributed by atoms with Crippen molar-refractivity contribution >= 4 is 34.7 Å². The number of anilines is 1. The lowest BCUT2D eigenvalue weighted by atomic mass is 10.0. The summed E-state index contributed by atoms with van der Waals surface area (Å²) in [6.07, 6.45) is -3.81. The maximum atomic E-state index is 13.4. The number of nitro groups is 1. The molecule has 168 valence electrons. The standard InChI is InChI=1S/C21H13ClF2N4O5/c22-14-4-1-12(2-5-14)19(13-3-10-17-18(11-13)33-21(23,24)32-17)27(25)20(29)26-15-6-8-16(9-7-15)28(30)31/h1-11H,25H2/p+1. The summed E-state index contributed by atoms with van der Waals surface area (Å²) in [7, 11) is 0. The highest BCUT2D eigenvalue weighted by Gasteiger charge is 2.43. The number of hydrogen-bond donors (Lipinski definition) is 2. The van der Waals surface area contributed by atoms with Gasteiger partial charge in [0.1, 0.15) is 5.69 Å². The summed E-state index contributed by atoms with van der Waals surface area (Å²) in [5.74, 6) is 5.71. The molecule has 0 atom stereocenters. The van der Waals surface area contributed by atoms with E-state index in [4.69, 9.17) is 17.4 Å². The largest absolute Gasteiger partial charge is 0.586 e. The van der Waals surface area contributed by atoms with Crippen LogP contribution in [-0.2, 0) is 0 Å². The Labute approximate surface area is 189 Å². The van der Waals surface area contributed by atoms with Gasteiger partial charge in [0.05, 0.1) is 4.92 Å². The van der Waals surface area contributed by atoms with E-state index >= 15 is 0 Å². The number of hydrogen-bond acceptors (Lipinski definition) is 6. The molecule has 2 amide bonds. The Kier molecular flexibility index (Phi) is 5.56.